The highest BCUT2D eigenvalue weighted by molar-refractivity contribution is 7.12. The zero-order valence-electron chi connectivity index (χ0n) is 7.33. The summed E-state index contributed by atoms with van der Waals surface area (Å²) in [6.45, 7) is 1.08. The van der Waals surface area contributed by atoms with E-state index in [1.807, 2.05) is 11.4 Å². The first-order chi connectivity index (χ1) is 6.81. The van der Waals surface area contributed by atoms with Gasteiger partial charge in [-0.3, -0.25) is 4.79 Å². The van der Waals surface area contributed by atoms with Gasteiger partial charge in [0.15, 0.2) is 0 Å². The van der Waals surface area contributed by atoms with Crippen LogP contribution in [0.1, 0.15) is 9.67 Å². The molecule has 0 unspecified atom stereocenters. The van der Waals surface area contributed by atoms with E-state index in [-0.39, 0.29) is 11.9 Å². The highest BCUT2D eigenvalue weighted by Crippen LogP contribution is 2.18. The van der Waals surface area contributed by atoms with Crippen molar-refractivity contribution in [1.82, 2.24) is 4.90 Å². The molecule has 0 aromatic carbocycles. The van der Waals surface area contributed by atoms with Crippen molar-refractivity contribution in [1.29, 1.82) is 0 Å². The first kappa shape index (κ1) is 9.05. The minimum absolute atomic E-state index is 0.0318. The minimum atomic E-state index is -0.0380. The number of carbonyl (C=O) groups is 1. The van der Waals surface area contributed by atoms with Gasteiger partial charge in [-0.05, 0) is 17.0 Å². The molecule has 0 aliphatic carbocycles. The largest absolute Gasteiger partial charge is 0.337 e. The van der Waals surface area contributed by atoms with Crippen LogP contribution >= 0.6 is 11.3 Å². The van der Waals surface area contributed by atoms with Crippen molar-refractivity contribution >= 4 is 17.2 Å². The van der Waals surface area contributed by atoms with Crippen molar-refractivity contribution in [3.63, 3.8) is 0 Å². The summed E-state index contributed by atoms with van der Waals surface area (Å²) < 4.78 is 0. The molecule has 1 fully saturated rings. The molecule has 0 bridgehead atoms. The van der Waals surface area contributed by atoms with Crippen LogP contribution in [0.2, 0.25) is 0 Å². The van der Waals surface area contributed by atoms with E-state index in [1.165, 1.54) is 11.3 Å². The lowest BCUT2D eigenvalue weighted by atomic mass is 10.1. The van der Waals surface area contributed by atoms with Crippen LogP contribution in [-0.4, -0.2) is 29.9 Å². The average molecular weight is 208 g/mol. The second kappa shape index (κ2) is 3.69. The molecule has 1 saturated heterocycles. The molecular formula is C8H8N4OS. The van der Waals surface area contributed by atoms with Crippen molar-refractivity contribution in [3.8, 4) is 0 Å². The lowest BCUT2D eigenvalue weighted by Gasteiger charge is -2.36. The molecule has 0 spiro atoms. The summed E-state index contributed by atoms with van der Waals surface area (Å²) in [6, 6.07) is 3.61. The summed E-state index contributed by atoms with van der Waals surface area (Å²) in [5.74, 6) is 0.0318. The van der Waals surface area contributed by atoms with Crippen LogP contribution in [0.15, 0.2) is 22.6 Å². The van der Waals surface area contributed by atoms with Gasteiger partial charge >= 0.3 is 0 Å². The topological polar surface area (TPSA) is 69.1 Å². The standard InChI is InChI=1S/C8H8N4OS/c9-11-10-6-4-12(5-6)8(13)7-2-1-3-14-7/h1-3,6H,4-5H2. The second-order valence-corrected chi connectivity index (χ2v) is 3.99. The van der Waals surface area contributed by atoms with Gasteiger partial charge in [0.05, 0.1) is 10.9 Å². The quantitative estimate of drug-likeness (QED) is 0.415. The molecule has 6 heteroatoms. The zero-order chi connectivity index (χ0) is 9.97. The molecule has 1 aromatic rings. The first-order valence-corrected chi connectivity index (χ1v) is 5.06. The molecule has 0 saturated carbocycles. The van der Waals surface area contributed by atoms with Crippen LogP contribution in [0.5, 0.6) is 0 Å². The van der Waals surface area contributed by atoms with Gasteiger partial charge < -0.3 is 4.90 Å². The fraction of sp³-hybridized carbons (Fsp3) is 0.375. The maximum atomic E-state index is 11.6. The highest BCUT2D eigenvalue weighted by Gasteiger charge is 2.30. The number of hydrogen-bond acceptors (Lipinski definition) is 3. The third kappa shape index (κ3) is 1.57. The van der Waals surface area contributed by atoms with Crippen molar-refractivity contribution in [2.24, 2.45) is 5.11 Å². The maximum Gasteiger partial charge on any atom is 0.263 e. The predicted octanol–water partition coefficient (Wildman–Crippen LogP) is 1.88. The van der Waals surface area contributed by atoms with Crippen molar-refractivity contribution < 1.29 is 4.79 Å². The van der Waals surface area contributed by atoms with Gasteiger partial charge in [0.2, 0.25) is 0 Å². The Hall–Kier alpha value is -1.52. The van der Waals surface area contributed by atoms with E-state index in [0.717, 1.165) is 4.88 Å². The maximum absolute atomic E-state index is 11.6. The Labute approximate surface area is 84.6 Å². The lowest BCUT2D eigenvalue weighted by molar-refractivity contribution is 0.0614. The smallest absolute Gasteiger partial charge is 0.263 e. The average Bonchev–Trinajstić information content (AvgIpc) is 2.62. The number of rotatable bonds is 2. The Morgan fingerprint density at radius 1 is 1.71 bits per heavy atom. The van der Waals surface area contributed by atoms with Gasteiger partial charge in [0.1, 0.15) is 0 Å². The fourth-order valence-corrected chi connectivity index (χ4v) is 2.01. The molecule has 1 aromatic heterocycles. The Morgan fingerprint density at radius 3 is 3.07 bits per heavy atom. The molecule has 0 atom stereocenters. The molecule has 72 valence electrons. The highest BCUT2D eigenvalue weighted by atomic mass is 32.1. The first-order valence-electron chi connectivity index (χ1n) is 4.18. The fourth-order valence-electron chi connectivity index (χ4n) is 1.32. The number of likely N-dealkylation sites (tertiary alicyclic amines) is 1. The van der Waals surface area contributed by atoms with Crippen LogP contribution in [0.25, 0.3) is 10.4 Å². The molecule has 1 aliphatic heterocycles. The Morgan fingerprint density at radius 2 is 2.50 bits per heavy atom. The van der Waals surface area contributed by atoms with Crippen LogP contribution in [-0.2, 0) is 0 Å². The Kier molecular flexibility index (Phi) is 2.39. The SMILES string of the molecule is [N-]=[N+]=NC1CN(C(=O)c2cccs2)C1. The van der Waals surface area contributed by atoms with Crippen LogP contribution < -0.4 is 0 Å². The van der Waals surface area contributed by atoms with E-state index in [2.05, 4.69) is 10.0 Å². The summed E-state index contributed by atoms with van der Waals surface area (Å²) in [6.07, 6.45) is 0. The summed E-state index contributed by atoms with van der Waals surface area (Å²) in [7, 11) is 0. The monoisotopic (exact) mass is 208 g/mol. The number of azide groups is 1. The van der Waals surface area contributed by atoms with Gasteiger partial charge in [0, 0.05) is 18.0 Å². The third-order valence-corrected chi connectivity index (χ3v) is 2.95. The number of thiophene rings is 1. The Balaban J connectivity index is 1.94. The van der Waals surface area contributed by atoms with Gasteiger partial charge in [-0.1, -0.05) is 11.2 Å². The number of amides is 1. The van der Waals surface area contributed by atoms with E-state index >= 15 is 0 Å². The van der Waals surface area contributed by atoms with Gasteiger partial charge in [-0.2, -0.15) is 0 Å². The zero-order valence-corrected chi connectivity index (χ0v) is 8.15. The molecule has 1 aliphatic rings. The molecular weight excluding hydrogens is 200 g/mol. The van der Waals surface area contributed by atoms with E-state index < -0.39 is 0 Å². The van der Waals surface area contributed by atoms with Crippen molar-refractivity contribution in [2.45, 2.75) is 6.04 Å². The summed E-state index contributed by atoms with van der Waals surface area (Å²) in [5.41, 5.74) is 8.17. The summed E-state index contributed by atoms with van der Waals surface area (Å²) in [4.78, 5) is 16.8. The van der Waals surface area contributed by atoms with Crippen LogP contribution in [0.3, 0.4) is 0 Å². The Bertz CT molecular complexity index is 376. The second-order valence-electron chi connectivity index (χ2n) is 3.05. The molecule has 0 radical (unpaired) electrons. The molecule has 0 N–H and O–H groups in total. The summed E-state index contributed by atoms with van der Waals surface area (Å²) in [5, 5.41) is 5.41. The van der Waals surface area contributed by atoms with E-state index in [9.17, 15) is 4.79 Å². The van der Waals surface area contributed by atoms with E-state index in [4.69, 9.17) is 5.53 Å². The molecule has 2 rings (SSSR count). The molecule has 2 heterocycles. The minimum Gasteiger partial charge on any atom is -0.337 e. The van der Waals surface area contributed by atoms with Crippen LogP contribution in [0, 0.1) is 0 Å². The molecule has 14 heavy (non-hydrogen) atoms. The number of carbonyl (C=O) groups excluding carboxylic acids is 1. The van der Waals surface area contributed by atoms with Gasteiger partial charge in [0.25, 0.3) is 5.91 Å². The third-order valence-electron chi connectivity index (χ3n) is 2.10. The van der Waals surface area contributed by atoms with E-state index in [0.29, 0.717) is 13.1 Å². The summed E-state index contributed by atoms with van der Waals surface area (Å²) >= 11 is 1.43. The molecule has 1 amide bonds. The van der Waals surface area contributed by atoms with Gasteiger partial charge in [-0.15, -0.1) is 11.3 Å². The van der Waals surface area contributed by atoms with Crippen LogP contribution in [0.4, 0.5) is 0 Å². The number of hydrogen-bond donors (Lipinski definition) is 0. The normalized spacial score (nSPS) is 15.9. The molecule has 5 nitrogen and oxygen atoms in total. The van der Waals surface area contributed by atoms with Crippen molar-refractivity contribution in [3.05, 3.63) is 32.8 Å². The van der Waals surface area contributed by atoms with Gasteiger partial charge in [-0.25, -0.2) is 0 Å². The van der Waals surface area contributed by atoms with Crippen molar-refractivity contribution in [2.75, 3.05) is 13.1 Å². The van der Waals surface area contributed by atoms with E-state index in [1.54, 1.807) is 11.0 Å². The number of nitrogens with zero attached hydrogens (tertiary/aromatic N) is 4. The predicted molar refractivity (Wildman–Crippen MR) is 53.2 cm³/mol. The lowest BCUT2D eigenvalue weighted by Crippen LogP contribution is -2.52.